The predicted octanol–water partition coefficient (Wildman–Crippen LogP) is 5.00. The van der Waals surface area contributed by atoms with Gasteiger partial charge in [0, 0.05) is 4.90 Å². The molecular formula is C20H22O2S. The van der Waals surface area contributed by atoms with Crippen molar-refractivity contribution in [3.8, 4) is 0 Å². The quantitative estimate of drug-likeness (QED) is 0.723. The molecule has 1 heterocycles. The molecule has 0 unspecified atom stereocenters. The van der Waals surface area contributed by atoms with Crippen molar-refractivity contribution in [2.75, 3.05) is 0 Å². The van der Waals surface area contributed by atoms with Crippen LogP contribution in [0.5, 0.6) is 0 Å². The van der Waals surface area contributed by atoms with Gasteiger partial charge in [0.2, 0.25) is 0 Å². The number of thioether (sulfide) groups is 1. The monoisotopic (exact) mass is 326 g/mol. The summed E-state index contributed by atoms with van der Waals surface area (Å²) < 4.78 is 5.65. The molecule has 2 atom stereocenters. The van der Waals surface area contributed by atoms with Crippen LogP contribution in [-0.4, -0.2) is 11.4 Å². The second-order valence-corrected chi connectivity index (χ2v) is 7.33. The lowest BCUT2D eigenvalue weighted by Crippen LogP contribution is -2.29. The Morgan fingerprint density at radius 2 is 1.78 bits per heavy atom. The molecule has 3 heteroatoms. The summed E-state index contributed by atoms with van der Waals surface area (Å²) in [7, 11) is 0. The van der Waals surface area contributed by atoms with Crippen LogP contribution < -0.4 is 0 Å². The van der Waals surface area contributed by atoms with Crippen LogP contribution in [0.1, 0.15) is 30.4 Å². The van der Waals surface area contributed by atoms with Crippen molar-refractivity contribution in [3.05, 3.63) is 65.7 Å². The molecule has 0 amide bonds. The summed E-state index contributed by atoms with van der Waals surface area (Å²) >= 11 is 1.65. The van der Waals surface area contributed by atoms with E-state index in [4.69, 9.17) is 4.74 Å². The maximum Gasteiger partial charge on any atom is 0.310 e. The van der Waals surface area contributed by atoms with Gasteiger partial charge in [-0.25, -0.2) is 0 Å². The Labute approximate surface area is 142 Å². The van der Waals surface area contributed by atoms with Gasteiger partial charge in [-0.05, 0) is 50.3 Å². The maximum atomic E-state index is 12.2. The molecule has 0 aliphatic carbocycles. The van der Waals surface area contributed by atoms with Gasteiger partial charge in [-0.3, -0.25) is 4.79 Å². The second-order valence-electron chi connectivity index (χ2n) is 6.10. The molecule has 1 fully saturated rings. The number of cyclic esters (lactones) is 1. The van der Waals surface area contributed by atoms with Crippen molar-refractivity contribution < 1.29 is 9.53 Å². The summed E-state index contributed by atoms with van der Waals surface area (Å²) in [5.41, 5.74) is 2.49. The van der Waals surface area contributed by atoms with Gasteiger partial charge in [0.15, 0.2) is 5.44 Å². The van der Waals surface area contributed by atoms with Crippen LogP contribution in [-0.2, 0) is 16.0 Å². The van der Waals surface area contributed by atoms with E-state index in [1.165, 1.54) is 11.1 Å². The number of hydrogen-bond acceptors (Lipinski definition) is 3. The first kappa shape index (κ1) is 16.1. The SMILES string of the molecule is Cc1ccc(S[C@H]2CC[C@H](CCc3ccccc3)C(=O)O2)cc1. The van der Waals surface area contributed by atoms with Crippen LogP contribution in [0.15, 0.2) is 59.5 Å². The first-order chi connectivity index (χ1) is 11.2. The fourth-order valence-electron chi connectivity index (χ4n) is 2.84. The molecule has 1 aliphatic rings. The van der Waals surface area contributed by atoms with E-state index >= 15 is 0 Å². The maximum absolute atomic E-state index is 12.2. The molecule has 120 valence electrons. The third kappa shape index (κ3) is 4.61. The van der Waals surface area contributed by atoms with Crippen molar-refractivity contribution in [2.45, 2.75) is 42.9 Å². The molecule has 0 spiro atoms. The second kappa shape index (κ2) is 7.69. The first-order valence-corrected chi connectivity index (χ1v) is 9.06. The van der Waals surface area contributed by atoms with Crippen LogP contribution in [0.4, 0.5) is 0 Å². The van der Waals surface area contributed by atoms with Gasteiger partial charge in [-0.15, -0.1) is 0 Å². The summed E-state index contributed by atoms with van der Waals surface area (Å²) in [5.74, 6) is 0.0156. The van der Waals surface area contributed by atoms with E-state index in [1.807, 2.05) is 18.2 Å². The Balaban J connectivity index is 1.49. The molecule has 23 heavy (non-hydrogen) atoms. The molecule has 0 saturated carbocycles. The average molecular weight is 326 g/mol. The van der Waals surface area contributed by atoms with E-state index < -0.39 is 0 Å². The van der Waals surface area contributed by atoms with E-state index in [1.54, 1.807) is 11.8 Å². The Hall–Kier alpha value is -1.74. The number of esters is 1. The molecule has 2 aromatic rings. The van der Waals surface area contributed by atoms with E-state index in [9.17, 15) is 4.79 Å². The molecule has 0 aromatic heterocycles. The highest BCUT2D eigenvalue weighted by Crippen LogP contribution is 2.34. The molecular weight excluding hydrogens is 304 g/mol. The average Bonchev–Trinajstić information content (AvgIpc) is 2.57. The number of carbonyl (C=O) groups excluding carboxylic acids is 1. The van der Waals surface area contributed by atoms with E-state index in [-0.39, 0.29) is 17.3 Å². The molecule has 2 aromatic carbocycles. The van der Waals surface area contributed by atoms with Crippen molar-refractivity contribution >= 4 is 17.7 Å². The van der Waals surface area contributed by atoms with Crippen LogP contribution in [0.25, 0.3) is 0 Å². The normalized spacial score (nSPS) is 21.0. The number of hydrogen-bond donors (Lipinski definition) is 0. The van der Waals surface area contributed by atoms with Gasteiger partial charge < -0.3 is 4.74 Å². The largest absolute Gasteiger partial charge is 0.451 e. The van der Waals surface area contributed by atoms with Crippen LogP contribution in [0.3, 0.4) is 0 Å². The highest BCUT2D eigenvalue weighted by Gasteiger charge is 2.30. The lowest BCUT2D eigenvalue weighted by Gasteiger charge is -2.27. The Morgan fingerprint density at radius 1 is 1.04 bits per heavy atom. The van der Waals surface area contributed by atoms with Crippen molar-refractivity contribution in [2.24, 2.45) is 5.92 Å². The van der Waals surface area contributed by atoms with Crippen molar-refractivity contribution in [1.82, 2.24) is 0 Å². The van der Waals surface area contributed by atoms with Gasteiger partial charge in [0.1, 0.15) is 0 Å². The van der Waals surface area contributed by atoms with Gasteiger partial charge in [-0.2, -0.15) is 0 Å². The molecule has 1 saturated heterocycles. The van der Waals surface area contributed by atoms with Crippen LogP contribution in [0, 0.1) is 12.8 Å². The zero-order chi connectivity index (χ0) is 16.1. The number of benzene rings is 2. The van der Waals surface area contributed by atoms with Crippen LogP contribution in [0.2, 0.25) is 0 Å². The molecule has 1 aliphatic heterocycles. The number of rotatable bonds is 5. The Kier molecular flexibility index (Phi) is 5.39. The van der Waals surface area contributed by atoms with Crippen molar-refractivity contribution in [1.29, 1.82) is 0 Å². The summed E-state index contributed by atoms with van der Waals surface area (Å²) in [6.45, 7) is 2.08. The Morgan fingerprint density at radius 3 is 2.48 bits per heavy atom. The summed E-state index contributed by atoms with van der Waals surface area (Å²) in [5, 5.41) is 0. The highest BCUT2D eigenvalue weighted by molar-refractivity contribution is 7.99. The van der Waals surface area contributed by atoms with E-state index in [0.717, 1.165) is 30.6 Å². The lowest BCUT2D eigenvalue weighted by atomic mass is 9.94. The minimum absolute atomic E-state index is 0.0307. The highest BCUT2D eigenvalue weighted by atomic mass is 32.2. The smallest absolute Gasteiger partial charge is 0.310 e. The zero-order valence-electron chi connectivity index (χ0n) is 13.4. The summed E-state index contributed by atoms with van der Waals surface area (Å²) in [4.78, 5) is 13.4. The zero-order valence-corrected chi connectivity index (χ0v) is 14.2. The topological polar surface area (TPSA) is 26.3 Å². The summed E-state index contributed by atoms with van der Waals surface area (Å²) in [6.07, 6.45) is 3.68. The minimum Gasteiger partial charge on any atom is -0.451 e. The van der Waals surface area contributed by atoms with E-state index in [2.05, 4.69) is 43.3 Å². The predicted molar refractivity (Wildman–Crippen MR) is 94.4 cm³/mol. The first-order valence-electron chi connectivity index (χ1n) is 8.18. The van der Waals surface area contributed by atoms with Gasteiger partial charge in [0.05, 0.1) is 5.92 Å². The summed E-state index contributed by atoms with van der Waals surface area (Å²) in [6, 6.07) is 18.7. The van der Waals surface area contributed by atoms with Gasteiger partial charge in [0.25, 0.3) is 0 Å². The lowest BCUT2D eigenvalue weighted by molar-refractivity contribution is -0.155. The Bertz CT molecular complexity index is 636. The van der Waals surface area contributed by atoms with Gasteiger partial charge in [-0.1, -0.05) is 59.8 Å². The van der Waals surface area contributed by atoms with Gasteiger partial charge >= 0.3 is 5.97 Å². The molecule has 0 bridgehead atoms. The molecule has 0 N–H and O–H groups in total. The third-order valence-electron chi connectivity index (χ3n) is 4.24. The van der Waals surface area contributed by atoms with Crippen molar-refractivity contribution in [3.63, 3.8) is 0 Å². The fourth-order valence-corrected chi connectivity index (χ4v) is 3.83. The van der Waals surface area contributed by atoms with E-state index in [0.29, 0.717) is 0 Å². The molecule has 3 rings (SSSR count). The minimum atomic E-state index is -0.0434. The third-order valence-corrected chi connectivity index (χ3v) is 5.38. The van der Waals surface area contributed by atoms with Crippen LogP contribution >= 0.6 is 11.8 Å². The number of carbonyl (C=O) groups is 1. The number of ether oxygens (including phenoxy) is 1. The standard InChI is InChI=1S/C20H22O2S/c1-15-7-12-18(13-8-15)23-19-14-11-17(20(21)22-19)10-9-16-5-3-2-4-6-16/h2-8,12-13,17,19H,9-11,14H2,1H3/t17-,19-/m0/s1. The molecule has 0 radical (unpaired) electrons. The molecule has 2 nitrogen and oxygen atoms in total. The fraction of sp³-hybridized carbons (Fsp3) is 0.350. The number of aryl methyl sites for hydroxylation is 2.